The van der Waals surface area contributed by atoms with Crippen molar-refractivity contribution in [2.75, 3.05) is 13.1 Å². The number of rotatable bonds is 4. The third kappa shape index (κ3) is 2.46. The summed E-state index contributed by atoms with van der Waals surface area (Å²) < 4.78 is 31.3. The van der Waals surface area contributed by atoms with Gasteiger partial charge >= 0.3 is 0 Å². The smallest absolute Gasteiger partial charge is 0.251 e. The van der Waals surface area contributed by atoms with Crippen molar-refractivity contribution in [2.45, 2.75) is 30.6 Å². The van der Waals surface area contributed by atoms with E-state index in [1.54, 1.807) is 0 Å². The maximum atomic E-state index is 12.1. The predicted octanol–water partition coefficient (Wildman–Crippen LogP) is 0.294. The molecule has 1 saturated carbocycles. The molecule has 1 aromatic heterocycles. The van der Waals surface area contributed by atoms with E-state index in [0.717, 1.165) is 12.8 Å². The second-order valence-electron chi connectivity index (χ2n) is 4.95. The van der Waals surface area contributed by atoms with Crippen molar-refractivity contribution in [2.24, 2.45) is 0 Å². The number of aromatic nitrogens is 2. The summed E-state index contributed by atoms with van der Waals surface area (Å²) in [6.07, 6.45) is 4.72. The van der Waals surface area contributed by atoms with E-state index in [0.29, 0.717) is 19.5 Å². The van der Waals surface area contributed by atoms with Crippen LogP contribution in [0.25, 0.3) is 0 Å². The van der Waals surface area contributed by atoms with Crippen molar-refractivity contribution in [3.8, 4) is 11.9 Å². The van der Waals surface area contributed by atoms with Gasteiger partial charge in [-0.2, -0.15) is 9.57 Å². The highest BCUT2D eigenvalue weighted by molar-refractivity contribution is 7.90. The Hall–Kier alpha value is -1.72. The highest BCUT2D eigenvalue weighted by atomic mass is 32.2. The van der Waals surface area contributed by atoms with Crippen LogP contribution in [-0.2, 0) is 10.0 Å². The van der Waals surface area contributed by atoms with Gasteiger partial charge in [0.05, 0.1) is 11.8 Å². The Morgan fingerprint density at radius 3 is 2.75 bits per heavy atom. The fraction of sp³-hybridized carbons (Fsp3) is 0.583. The zero-order valence-electron chi connectivity index (χ0n) is 10.8. The van der Waals surface area contributed by atoms with Crippen molar-refractivity contribution in [1.29, 1.82) is 5.26 Å². The van der Waals surface area contributed by atoms with E-state index in [-0.39, 0.29) is 22.9 Å². The van der Waals surface area contributed by atoms with E-state index >= 15 is 0 Å². The molecule has 1 saturated heterocycles. The summed E-state index contributed by atoms with van der Waals surface area (Å²) >= 11 is 0. The second kappa shape index (κ2) is 5.00. The van der Waals surface area contributed by atoms with Crippen LogP contribution >= 0.6 is 0 Å². The highest BCUT2D eigenvalue weighted by Crippen LogP contribution is 2.33. The fourth-order valence-corrected chi connectivity index (χ4v) is 4.14. The molecule has 3 rings (SSSR count). The summed E-state index contributed by atoms with van der Waals surface area (Å²) in [5.41, 5.74) is 0.121. The van der Waals surface area contributed by atoms with Gasteiger partial charge in [-0.25, -0.2) is 18.4 Å². The van der Waals surface area contributed by atoms with Gasteiger partial charge in [-0.3, -0.25) is 0 Å². The molecule has 0 spiro atoms. The molecule has 0 amide bonds. The zero-order chi connectivity index (χ0) is 14.2. The largest absolute Gasteiger partial charge is 0.471 e. The molecule has 106 valence electrons. The van der Waals surface area contributed by atoms with Gasteiger partial charge in [0.25, 0.3) is 5.88 Å². The first-order valence-corrected chi connectivity index (χ1v) is 7.98. The predicted molar refractivity (Wildman–Crippen MR) is 69.3 cm³/mol. The third-order valence-corrected chi connectivity index (χ3v) is 5.83. The zero-order valence-corrected chi connectivity index (χ0v) is 11.6. The Labute approximate surface area is 117 Å². The number of hydrogen-bond acceptors (Lipinski definition) is 6. The number of nitrogens with zero attached hydrogens (tertiary/aromatic N) is 4. The first-order valence-electron chi connectivity index (χ1n) is 6.48. The molecule has 2 fully saturated rings. The number of nitriles is 1. The van der Waals surface area contributed by atoms with Crippen molar-refractivity contribution >= 4 is 10.0 Å². The first kappa shape index (κ1) is 13.3. The molecule has 2 aliphatic rings. The number of ether oxygens (including phenoxy) is 1. The van der Waals surface area contributed by atoms with Crippen LogP contribution in [0, 0.1) is 11.3 Å². The molecular formula is C12H14N4O3S. The molecule has 20 heavy (non-hydrogen) atoms. The molecular weight excluding hydrogens is 280 g/mol. The minimum absolute atomic E-state index is 0.121. The molecule has 2 heterocycles. The van der Waals surface area contributed by atoms with Crippen molar-refractivity contribution < 1.29 is 13.2 Å². The maximum Gasteiger partial charge on any atom is 0.251 e. The standard InChI is InChI=1S/C12H14N4O3S/c13-7-11-12(15-5-4-14-11)19-9-3-6-16(8-9)20(17,18)10-1-2-10/h4-5,9-10H,1-3,6,8H2/t9-/m1/s1. The van der Waals surface area contributed by atoms with Crippen LogP contribution in [0.3, 0.4) is 0 Å². The molecule has 1 aromatic rings. The monoisotopic (exact) mass is 294 g/mol. The average Bonchev–Trinajstić information content (AvgIpc) is 3.20. The van der Waals surface area contributed by atoms with Crippen LogP contribution in [0.2, 0.25) is 0 Å². The topological polar surface area (TPSA) is 96.2 Å². The average molecular weight is 294 g/mol. The van der Waals surface area contributed by atoms with E-state index in [1.165, 1.54) is 16.7 Å². The van der Waals surface area contributed by atoms with E-state index in [2.05, 4.69) is 9.97 Å². The lowest BCUT2D eigenvalue weighted by molar-refractivity contribution is 0.205. The van der Waals surface area contributed by atoms with E-state index in [1.807, 2.05) is 6.07 Å². The van der Waals surface area contributed by atoms with Crippen LogP contribution in [0.15, 0.2) is 12.4 Å². The van der Waals surface area contributed by atoms with Crippen molar-refractivity contribution in [3.05, 3.63) is 18.1 Å². The Balaban J connectivity index is 1.68. The normalized spacial score (nSPS) is 23.4. The summed E-state index contributed by atoms with van der Waals surface area (Å²) in [4.78, 5) is 7.84. The SMILES string of the molecule is N#Cc1nccnc1O[C@@H]1CCN(S(=O)(=O)C2CC2)C1. The number of sulfonamides is 1. The Morgan fingerprint density at radius 2 is 2.05 bits per heavy atom. The molecule has 0 unspecified atom stereocenters. The molecule has 1 aliphatic carbocycles. The lowest BCUT2D eigenvalue weighted by Gasteiger charge is -2.16. The molecule has 1 atom stereocenters. The van der Waals surface area contributed by atoms with E-state index in [9.17, 15) is 8.42 Å². The van der Waals surface area contributed by atoms with Gasteiger partial charge in [-0.05, 0) is 19.3 Å². The molecule has 0 N–H and O–H groups in total. The van der Waals surface area contributed by atoms with Gasteiger partial charge in [0.1, 0.15) is 12.2 Å². The first-order chi connectivity index (χ1) is 9.61. The molecule has 7 nitrogen and oxygen atoms in total. The number of hydrogen-bond donors (Lipinski definition) is 0. The lowest BCUT2D eigenvalue weighted by Crippen LogP contribution is -2.33. The third-order valence-electron chi connectivity index (χ3n) is 3.46. The molecule has 0 bridgehead atoms. The van der Waals surface area contributed by atoms with Gasteiger partial charge in [0.2, 0.25) is 15.7 Å². The van der Waals surface area contributed by atoms with Crippen LogP contribution in [0.5, 0.6) is 5.88 Å². The molecule has 0 aromatic carbocycles. The van der Waals surface area contributed by atoms with Gasteiger partial charge in [0, 0.05) is 18.9 Å². The summed E-state index contributed by atoms with van der Waals surface area (Å²) in [6, 6.07) is 1.91. The molecule has 0 radical (unpaired) electrons. The molecule has 1 aliphatic heterocycles. The summed E-state index contributed by atoms with van der Waals surface area (Å²) in [7, 11) is -3.15. The Bertz CT molecular complexity index is 651. The Kier molecular flexibility index (Phi) is 3.31. The summed E-state index contributed by atoms with van der Waals surface area (Å²) in [6.45, 7) is 0.784. The lowest BCUT2D eigenvalue weighted by atomic mass is 10.3. The van der Waals surface area contributed by atoms with Crippen molar-refractivity contribution in [1.82, 2.24) is 14.3 Å². The van der Waals surface area contributed by atoms with Gasteiger partial charge in [0.15, 0.2) is 0 Å². The van der Waals surface area contributed by atoms with Crippen LogP contribution in [-0.4, -0.2) is 47.1 Å². The van der Waals surface area contributed by atoms with Crippen LogP contribution in [0.4, 0.5) is 0 Å². The second-order valence-corrected chi connectivity index (χ2v) is 7.17. The Morgan fingerprint density at radius 1 is 1.30 bits per heavy atom. The van der Waals surface area contributed by atoms with E-state index in [4.69, 9.17) is 10.00 Å². The minimum Gasteiger partial charge on any atom is -0.471 e. The fourth-order valence-electron chi connectivity index (χ4n) is 2.25. The quantitative estimate of drug-likeness (QED) is 0.792. The summed E-state index contributed by atoms with van der Waals surface area (Å²) in [5, 5.41) is 8.71. The van der Waals surface area contributed by atoms with Crippen LogP contribution < -0.4 is 4.74 Å². The van der Waals surface area contributed by atoms with Gasteiger partial charge in [-0.1, -0.05) is 0 Å². The van der Waals surface area contributed by atoms with E-state index < -0.39 is 10.0 Å². The summed E-state index contributed by atoms with van der Waals surface area (Å²) in [5.74, 6) is 0.172. The maximum absolute atomic E-state index is 12.1. The van der Waals surface area contributed by atoms with Crippen LogP contribution in [0.1, 0.15) is 25.0 Å². The minimum atomic E-state index is -3.15. The van der Waals surface area contributed by atoms with Crippen molar-refractivity contribution in [3.63, 3.8) is 0 Å². The van der Waals surface area contributed by atoms with Gasteiger partial charge in [-0.15, -0.1) is 0 Å². The van der Waals surface area contributed by atoms with Gasteiger partial charge < -0.3 is 4.74 Å². The molecule has 8 heteroatoms. The highest BCUT2D eigenvalue weighted by Gasteiger charge is 2.43.